The summed E-state index contributed by atoms with van der Waals surface area (Å²) in [6.45, 7) is 3.45. The molecule has 0 fully saturated rings. The molecule has 0 amide bonds. The Morgan fingerprint density at radius 1 is 0.750 bits per heavy atom. The van der Waals surface area contributed by atoms with Gasteiger partial charge in [-0.3, -0.25) is 10.1 Å². The van der Waals surface area contributed by atoms with Crippen molar-refractivity contribution < 1.29 is 31.3 Å². The highest BCUT2D eigenvalue weighted by atomic mass is 19.4. The van der Waals surface area contributed by atoms with Gasteiger partial charge < -0.3 is 16.4 Å². The molecule has 4 aromatic rings. The molecular weight excluding hydrogens is 546 g/mol. The number of benzene rings is 2. The number of aryl methyl sites for hydroxylation is 2. The summed E-state index contributed by atoms with van der Waals surface area (Å²) in [4.78, 5) is 24.3. The van der Waals surface area contributed by atoms with Gasteiger partial charge in [0.15, 0.2) is 0 Å². The van der Waals surface area contributed by atoms with E-state index in [1.807, 2.05) is 0 Å². The van der Waals surface area contributed by atoms with Gasteiger partial charge in [-0.05, 0) is 49.2 Å². The van der Waals surface area contributed by atoms with Gasteiger partial charge in [0.05, 0.1) is 10.6 Å². The molecule has 2 heterocycles. The summed E-state index contributed by atoms with van der Waals surface area (Å²) < 4.78 is 75.2. The first-order valence-electron chi connectivity index (χ1n) is 11.1. The lowest BCUT2D eigenvalue weighted by Gasteiger charge is -2.10. The first kappa shape index (κ1) is 29.5. The van der Waals surface area contributed by atoms with Crippen LogP contribution >= 0.6 is 0 Å². The minimum absolute atomic E-state index is 0.122. The van der Waals surface area contributed by atoms with Gasteiger partial charge in [-0.15, -0.1) is 0 Å². The van der Waals surface area contributed by atoms with E-state index in [-0.39, 0.29) is 23.3 Å². The van der Waals surface area contributed by atoms with E-state index in [0.717, 1.165) is 30.1 Å². The van der Waals surface area contributed by atoms with Crippen molar-refractivity contribution in [3.8, 4) is 0 Å². The Balaban J connectivity index is 0.000000222. The molecule has 2 aromatic carbocycles. The van der Waals surface area contributed by atoms with Crippen molar-refractivity contribution in [1.29, 1.82) is 0 Å². The highest BCUT2D eigenvalue weighted by Crippen LogP contribution is 2.30. The summed E-state index contributed by atoms with van der Waals surface area (Å²) in [6, 6.07) is 10.6. The number of nitrogen functional groups attached to an aromatic ring is 1. The van der Waals surface area contributed by atoms with Crippen molar-refractivity contribution in [3.63, 3.8) is 0 Å². The maximum Gasteiger partial charge on any atom is 0.433 e. The summed E-state index contributed by atoms with van der Waals surface area (Å²) in [5.41, 5.74) is 6.12. The van der Waals surface area contributed by atoms with E-state index in [9.17, 15) is 36.5 Å². The molecule has 210 valence electrons. The molecule has 10 nitrogen and oxygen atoms in total. The predicted octanol–water partition coefficient (Wildman–Crippen LogP) is 6.59. The van der Waals surface area contributed by atoms with Gasteiger partial charge >= 0.3 is 12.4 Å². The van der Waals surface area contributed by atoms with E-state index in [2.05, 4.69) is 30.6 Å². The number of anilines is 5. The molecule has 0 saturated carbocycles. The smallest absolute Gasteiger partial charge is 0.399 e. The zero-order valence-electron chi connectivity index (χ0n) is 20.7. The number of aromatic nitrogens is 4. The summed E-state index contributed by atoms with van der Waals surface area (Å²) in [5.74, 6) is -0.406. The Morgan fingerprint density at radius 3 is 1.65 bits per heavy atom. The molecule has 0 aliphatic carbocycles. The van der Waals surface area contributed by atoms with Crippen LogP contribution in [0.3, 0.4) is 0 Å². The first-order chi connectivity index (χ1) is 18.6. The number of non-ortho nitro benzene ring substituents is 1. The zero-order valence-corrected chi connectivity index (χ0v) is 20.7. The summed E-state index contributed by atoms with van der Waals surface area (Å²) in [6.07, 6.45) is -7.06. The molecule has 0 spiro atoms. The minimum Gasteiger partial charge on any atom is -0.399 e. The average Bonchev–Trinajstić information content (AvgIpc) is 2.87. The normalized spacial score (nSPS) is 11.3. The van der Waals surface area contributed by atoms with Crippen molar-refractivity contribution >= 4 is 34.6 Å². The fraction of sp³-hybridized carbons (Fsp3) is 0.167. The lowest BCUT2D eigenvalue weighted by molar-refractivity contribution is -0.384. The number of halogens is 6. The molecular formula is C24H20F6N8O2. The predicted molar refractivity (Wildman–Crippen MR) is 134 cm³/mol. The highest BCUT2D eigenvalue weighted by Gasteiger charge is 2.33. The molecule has 0 unspecified atom stereocenters. The number of rotatable bonds is 5. The maximum atomic E-state index is 12.5. The van der Waals surface area contributed by atoms with Crippen molar-refractivity contribution in [2.45, 2.75) is 26.2 Å². The summed E-state index contributed by atoms with van der Waals surface area (Å²) in [5, 5.41) is 16.0. The van der Waals surface area contributed by atoms with Crippen LogP contribution in [-0.4, -0.2) is 24.9 Å². The molecule has 0 radical (unpaired) electrons. The second-order valence-corrected chi connectivity index (χ2v) is 8.11. The van der Waals surface area contributed by atoms with E-state index >= 15 is 0 Å². The number of nitro groups is 1. The van der Waals surface area contributed by atoms with Crippen molar-refractivity contribution in [2.75, 3.05) is 16.4 Å². The second-order valence-electron chi connectivity index (χ2n) is 8.11. The van der Waals surface area contributed by atoms with Crippen LogP contribution in [0.4, 0.5) is 61.0 Å². The molecule has 0 aliphatic heterocycles. The van der Waals surface area contributed by atoms with E-state index in [1.54, 1.807) is 32.0 Å². The topological polar surface area (TPSA) is 145 Å². The third-order valence-electron chi connectivity index (χ3n) is 5.08. The van der Waals surface area contributed by atoms with Crippen LogP contribution in [0, 0.1) is 24.0 Å². The first-order valence-corrected chi connectivity index (χ1v) is 11.1. The minimum atomic E-state index is -4.59. The Morgan fingerprint density at radius 2 is 1.20 bits per heavy atom. The fourth-order valence-electron chi connectivity index (χ4n) is 3.03. The van der Waals surface area contributed by atoms with Gasteiger partial charge in [0, 0.05) is 35.9 Å². The van der Waals surface area contributed by atoms with Gasteiger partial charge in [-0.1, -0.05) is 12.1 Å². The highest BCUT2D eigenvalue weighted by molar-refractivity contribution is 5.64. The van der Waals surface area contributed by atoms with Crippen LogP contribution in [-0.2, 0) is 12.4 Å². The zero-order chi connectivity index (χ0) is 29.7. The third-order valence-corrected chi connectivity index (χ3v) is 5.08. The number of nitro benzene ring substituents is 1. The van der Waals surface area contributed by atoms with Gasteiger partial charge in [0.1, 0.15) is 11.4 Å². The second kappa shape index (κ2) is 11.8. The fourth-order valence-corrected chi connectivity index (χ4v) is 3.03. The Hall–Kier alpha value is -5.02. The van der Waals surface area contributed by atoms with Gasteiger partial charge in [0.25, 0.3) is 5.69 Å². The largest absolute Gasteiger partial charge is 0.433 e. The third kappa shape index (κ3) is 7.99. The van der Waals surface area contributed by atoms with Crippen molar-refractivity contribution in [1.82, 2.24) is 19.9 Å². The van der Waals surface area contributed by atoms with Crippen molar-refractivity contribution in [2.24, 2.45) is 0 Å². The van der Waals surface area contributed by atoms with Crippen LogP contribution < -0.4 is 16.4 Å². The number of nitrogens with two attached hydrogens (primary N) is 1. The van der Waals surface area contributed by atoms with Gasteiger partial charge in [-0.2, -0.15) is 26.3 Å². The summed E-state index contributed by atoms with van der Waals surface area (Å²) in [7, 11) is 0. The van der Waals surface area contributed by atoms with Gasteiger partial charge in [0.2, 0.25) is 11.9 Å². The molecule has 4 rings (SSSR count). The molecule has 0 bridgehead atoms. The molecule has 2 aromatic heterocycles. The van der Waals surface area contributed by atoms with E-state index < -0.39 is 28.7 Å². The summed E-state index contributed by atoms with van der Waals surface area (Å²) >= 11 is 0. The van der Waals surface area contributed by atoms with E-state index in [4.69, 9.17) is 5.73 Å². The number of hydrogen-bond acceptors (Lipinski definition) is 9. The molecule has 0 saturated heterocycles. The van der Waals surface area contributed by atoms with Crippen LogP contribution in [0.1, 0.15) is 22.5 Å². The quantitative estimate of drug-likeness (QED) is 0.105. The molecule has 0 atom stereocenters. The van der Waals surface area contributed by atoms with Gasteiger partial charge in [-0.25, -0.2) is 19.9 Å². The monoisotopic (exact) mass is 566 g/mol. The van der Waals surface area contributed by atoms with E-state index in [0.29, 0.717) is 16.9 Å². The SMILES string of the molecule is Cc1ccc(N)cc1Nc1nccc(C(F)(F)F)n1.Cc1ccc([N+](=O)[O-])cc1Nc1nccc(C(F)(F)F)n1. The number of nitrogens with zero attached hydrogens (tertiary/aromatic N) is 5. The molecule has 40 heavy (non-hydrogen) atoms. The number of hydrogen-bond donors (Lipinski definition) is 3. The lowest BCUT2D eigenvalue weighted by Crippen LogP contribution is -2.10. The molecule has 16 heteroatoms. The Labute approximate surface area is 222 Å². The van der Waals surface area contributed by atoms with Crippen LogP contribution in [0.15, 0.2) is 60.9 Å². The van der Waals surface area contributed by atoms with Crippen molar-refractivity contribution in [3.05, 3.63) is 93.6 Å². The Bertz CT molecular complexity index is 1510. The maximum absolute atomic E-state index is 12.5. The van der Waals surface area contributed by atoms with Crippen LogP contribution in [0.2, 0.25) is 0 Å². The number of alkyl halides is 6. The lowest BCUT2D eigenvalue weighted by atomic mass is 10.2. The Kier molecular flexibility index (Phi) is 8.71. The molecule has 4 N–H and O–H groups in total. The van der Waals surface area contributed by atoms with Crippen LogP contribution in [0.5, 0.6) is 0 Å². The average molecular weight is 566 g/mol. The number of nitrogens with one attached hydrogen (secondary N) is 2. The molecule has 0 aliphatic rings. The standard InChI is InChI=1S/C12H9F3N4O2.C12H11F3N4/c1-7-2-3-8(19(20)21)6-9(7)17-11-16-5-4-10(18-11)12(13,14)15;1-7-2-3-8(16)6-9(7)18-11-17-5-4-10(19-11)12(13,14)15/h2-6H,1H3,(H,16,17,18);2-6H,16H2,1H3,(H,17,18,19). The van der Waals surface area contributed by atoms with Crippen LogP contribution in [0.25, 0.3) is 0 Å². The van der Waals surface area contributed by atoms with E-state index in [1.165, 1.54) is 18.2 Å².